The maximum absolute atomic E-state index is 14.3. The average Bonchev–Trinajstić information content (AvgIpc) is 3.10. The number of halogens is 8. The molecule has 24 heteroatoms. The van der Waals surface area contributed by atoms with E-state index in [1.807, 2.05) is 41.5 Å². The van der Waals surface area contributed by atoms with Gasteiger partial charge in [-0.05, 0) is 85.5 Å². The van der Waals surface area contributed by atoms with Gasteiger partial charge in [-0.3, -0.25) is 18.8 Å². The van der Waals surface area contributed by atoms with Crippen molar-refractivity contribution < 1.29 is 172 Å². The van der Waals surface area contributed by atoms with E-state index in [4.69, 9.17) is 53.6 Å². The first kappa shape index (κ1) is 59.5. The van der Waals surface area contributed by atoms with E-state index in [1.54, 1.807) is 15.9 Å². The number of alkyl halides is 2. The van der Waals surface area contributed by atoms with Crippen molar-refractivity contribution in [3.63, 3.8) is 0 Å². The van der Waals surface area contributed by atoms with Crippen LogP contribution in [0.1, 0.15) is 49.9 Å². The Balaban J connectivity index is 0. The van der Waals surface area contributed by atoms with E-state index in [2.05, 4.69) is 59.3 Å². The van der Waals surface area contributed by atoms with E-state index in [0.717, 1.165) is 17.5 Å². The smallest absolute Gasteiger partial charge is 1.00 e. The Morgan fingerprint density at radius 2 is 1.34 bits per heavy atom. The third-order valence-corrected chi connectivity index (χ3v) is 11.8. The normalized spacial score (nSPS) is 15.5. The molecule has 0 unspecified atom stereocenters. The molecule has 2 fully saturated rings. The molecule has 2 aromatic carbocycles. The van der Waals surface area contributed by atoms with Crippen LogP contribution in [-0.2, 0) is 35.2 Å². The van der Waals surface area contributed by atoms with Crippen LogP contribution < -0.4 is 122 Å². The van der Waals surface area contributed by atoms with Crippen LogP contribution in [0.4, 0.5) is 28.4 Å². The number of anilines is 1. The van der Waals surface area contributed by atoms with Gasteiger partial charge in [0.1, 0.15) is 17.8 Å². The summed E-state index contributed by atoms with van der Waals surface area (Å²) in [6.07, 6.45) is -0.367. The molecule has 4 heterocycles. The van der Waals surface area contributed by atoms with Crippen molar-refractivity contribution in [2.75, 3.05) is 62.4 Å². The number of benzene rings is 2. The maximum atomic E-state index is 14.3. The summed E-state index contributed by atoms with van der Waals surface area (Å²) in [4.78, 5) is 62.8. The van der Waals surface area contributed by atoms with Crippen LogP contribution in [0.25, 0.3) is 0 Å². The number of hydrogen-bond acceptors (Lipinski definition) is 11. The van der Waals surface area contributed by atoms with Gasteiger partial charge in [0.2, 0.25) is 0 Å². The number of Topliss-reactive ketones (excluding diaryl/α,β-unsaturated/α-hetero) is 1. The minimum Gasteiger partial charge on any atom is -1.00 e. The van der Waals surface area contributed by atoms with Crippen molar-refractivity contribution in [3.8, 4) is 11.5 Å². The van der Waals surface area contributed by atoms with E-state index >= 15 is 0 Å². The summed E-state index contributed by atoms with van der Waals surface area (Å²) in [7, 11) is -1.00. The topological polar surface area (TPSA) is 164 Å². The number of nitrogens with zero attached hydrogens (tertiary/aromatic N) is 3. The summed E-state index contributed by atoms with van der Waals surface area (Å²) >= 11 is 20.2. The van der Waals surface area contributed by atoms with E-state index in [1.165, 1.54) is 11.0 Å². The summed E-state index contributed by atoms with van der Waals surface area (Å²) in [5, 5.41) is 8.84. The molecule has 0 atom stereocenters. The van der Waals surface area contributed by atoms with E-state index in [-0.39, 0.29) is 196 Å². The molecule has 0 aliphatic carbocycles. The van der Waals surface area contributed by atoms with Crippen LogP contribution in [0.5, 0.6) is 11.5 Å². The molecule has 61 heavy (non-hydrogen) atoms. The van der Waals surface area contributed by atoms with Gasteiger partial charge in [-0.15, -0.1) is 0 Å². The van der Waals surface area contributed by atoms with Gasteiger partial charge in [-0.25, -0.2) is 18.4 Å². The van der Waals surface area contributed by atoms with Gasteiger partial charge >= 0.3 is 115 Å². The predicted octanol–water partition coefficient (Wildman–Crippen LogP) is 2.01. The second kappa shape index (κ2) is 28.6. The summed E-state index contributed by atoms with van der Waals surface area (Å²) in [5.74, 6) is -0.642. The Morgan fingerprint density at radius 3 is 1.79 bits per heavy atom. The number of ether oxygens (including phenoxy) is 4. The Bertz CT molecular complexity index is 1870. The third kappa shape index (κ3) is 19.3. The fourth-order valence-electron chi connectivity index (χ4n) is 5.34. The molecule has 0 bridgehead atoms. The molecule has 2 saturated heterocycles. The van der Waals surface area contributed by atoms with Crippen molar-refractivity contribution in [3.05, 3.63) is 48.3 Å². The Labute approximate surface area is 481 Å². The van der Waals surface area contributed by atoms with Crippen molar-refractivity contribution in [2.45, 2.75) is 59.2 Å². The zero-order valence-electron chi connectivity index (χ0n) is 36.8. The minimum absolute atomic E-state index is 0. The maximum Gasteiger partial charge on any atom is 1.00 e. The molecule has 4 aliphatic rings. The Kier molecular flexibility index (Phi) is 27.9. The molecular formula is C37H45Br2Cl2F3IK2N3O11. The van der Waals surface area contributed by atoms with Crippen molar-refractivity contribution in [2.24, 2.45) is 11.8 Å². The van der Waals surface area contributed by atoms with Crippen molar-refractivity contribution >= 4 is 114 Å². The number of rotatable bonds is 4. The van der Waals surface area contributed by atoms with Crippen LogP contribution in [0.15, 0.2) is 21.1 Å². The molecule has 332 valence electrons. The molecule has 0 spiro atoms. The van der Waals surface area contributed by atoms with Crippen molar-refractivity contribution in [1.29, 1.82) is 0 Å². The van der Waals surface area contributed by atoms with Crippen LogP contribution in [-0.4, -0.2) is 109 Å². The molecule has 14 nitrogen and oxygen atoms in total. The molecule has 4 aliphatic heterocycles. The SMILES string of the molecule is CC(C)(C)OC(=O)N1CC(CI)C1.CC(C)(C)OC(=O)N1CC(CN2C(=O)COc3c2cc(Cl)c(Br)c3F)C1.O=C1COc2c(cc(Cl)c(Br)c2F)C1.O=CO[O-].[2H]CF.[H-].[K+].[K+]. The molecule has 0 aromatic heterocycles. The fraction of sp³-hybridized carbons (Fsp3) is 0.541. The second-order valence-electron chi connectivity index (χ2n) is 15.0. The van der Waals surface area contributed by atoms with E-state index in [9.17, 15) is 32.3 Å². The molecule has 3 amide bonds. The largest absolute Gasteiger partial charge is 1.00 e. The number of ketones is 1. The van der Waals surface area contributed by atoms with E-state index < -0.39 is 24.4 Å². The quantitative estimate of drug-likeness (QED) is 0.0838. The molecule has 2 aromatic rings. The molecule has 6 rings (SSSR count). The molecule has 0 radical (unpaired) electrons. The van der Waals surface area contributed by atoms with Crippen LogP contribution in [0, 0.1) is 23.5 Å². The van der Waals surface area contributed by atoms with Crippen LogP contribution >= 0.6 is 77.7 Å². The summed E-state index contributed by atoms with van der Waals surface area (Å²) in [6.45, 7) is 13.6. The standard InChI is InChI=1S/C17H19BrClFN2O4.C9H5BrClFO2.C9H16INO2.CH3F.CH2O3.2K.H/c1-17(2,3)26-16(24)21-5-9(6-21)7-22-11-4-10(19)13(18)14(20)15(11)25-8-12(22)23;10-7-6(11)2-4-1-5(13)3-14-9(4)8(7)12;1-9(2,3)13-8(12)11-5-7(4-10)6-11;1-2;2-1-4-3;;;/h4,9H,5-8H2,1-3H3;2H,1,3H2;7H,4-6H2,1-3H3;1H3;1,3H;;;/q;;;;;2*+1;-1/p-1/i;;;1D;;;;. The molecular weight excluding hydrogens is 1160 g/mol. The molecule has 0 N–H and O–H groups in total. The summed E-state index contributed by atoms with van der Waals surface area (Å²) < 4.78 is 65.5. The number of amides is 3. The third-order valence-electron chi connectivity index (χ3n) is 7.91. The molecule has 0 saturated carbocycles. The van der Waals surface area contributed by atoms with Crippen molar-refractivity contribution in [1.82, 2.24) is 9.80 Å². The number of likely N-dealkylation sites (tertiary alicyclic amines) is 2. The fourth-order valence-corrected chi connectivity index (χ4v) is 6.89. The van der Waals surface area contributed by atoms with Gasteiger partial charge in [0, 0.05) is 61.0 Å². The first-order valence-electron chi connectivity index (χ1n) is 18.1. The van der Waals surface area contributed by atoms with E-state index in [0.29, 0.717) is 36.8 Å². The second-order valence-corrected chi connectivity index (χ2v) is 18.2. The monoisotopic (exact) mass is 1200 g/mol. The Morgan fingerprint density at radius 1 is 0.918 bits per heavy atom. The summed E-state index contributed by atoms with van der Waals surface area (Å²) in [6, 6.07) is 3.05. The first-order chi connectivity index (χ1) is 27.9. The Hall–Kier alpha value is 0.483. The first-order valence-corrected chi connectivity index (χ1v) is 21.3. The van der Waals surface area contributed by atoms with Gasteiger partial charge in [-0.1, -0.05) is 45.8 Å². The van der Waals surface area contributed by atoms with Crippen LogP contribution in [0.2, 0.25) is 10.0 Å². The van der Waals surface area contributed by atoms with Gasteiger partial charge in [0.15, 0.2) is 35.5 Å². The van der Waals surface area contributed by atoms with Crippen LogP contribution in [0.3, 0.4) is 0 Å². The van der Waals surface area contributed by atoms with Gasteiger partial charge in [0.25, 0.3) is 12.4 Å². The average molecular weight is 1200 g/mol. The predicted molar refractivity (Wildman–Crippen MR) is 227 cm³/mol. The number of carbonyl (C=O) groups excluding carboxylic acids is 5. The van der Waals surface area contributed by atoms with Gasteiger partial charge in [0.05, 0.1) is 33.2 Å². The number of fused-ring (bicyclic) bond motifs is 2. The number of carbonyl (C=O) groups is 5. The van der Waals surface area contributed by atoms with Gasteiger partial charge < -0.3 is 45.2 Å². The zero-order chi connectivity index (χ0) is 45.7. The number of hydrogen-bond donors (Lipinski definition) is 0. The van der Waals surface area contributed by atoms with Gasteiger partial charge in [-0.2, -0.15) is 0 Å². The summed E-state index contributed by atoms with van der Waals surface area (Å²) in [5.41, 5.74) is -0.107. The minimum atomic E-state index is -1.00. The zero-order valence-corrected chi connectivity index (χ0v) is 47.9.